The van der Waals surface area contributed by atoms with Crippen LogP contribution in [0.15, 0.2) is 34.5 Å². The molecule has 0 amide bonds. The van der Waals surface area contributed by atoms with Crippen molar-refractivity contribution in [2.24, 2.45) is 11.1 Å². The molecule has 0 spiro atoms. The van der Waals surface area contributed by atoms with E-state index in [1.165, 1.54) is 12.3 Å². The molecule has 0 radical (unpaired) electrons. The molecular formula is C14H20Cl2N2O. The summed E-state index contributed by atoms with van der Waals surface area (Å²) in [7, 11) is 0. The SMILES string of the molecule is C=C(/C=C(Cl)\C(Cl)=C/N)C(=O)C1(CCC)CCNC1. The third-order valence-corrected chi connectivity index (χ3v) is 4.16. The molecule has 1 atom stereocenters. The van der Waals surface area contributed by atoms with Crippen molar-refractivity contribution in [1.29, 1.82) is 0 Å². The lowest BCUT2D eigenvalue weighted by Crippen LogP contribution is -2.34. The molecule has 1 heterocycles. The van der Waals surface area contributed by atoms with E-state index in [4.69, 9.17) is 28.9 Å². The average molecular weight is 303 g/mol. The number of rotatable bonds is 6. The zero-order chi connectivity index (χ0) is 14.5. The van der Waals surface area contributed by atoms with Gasteiger partial charge in [0.2, 0.25) is 0 Å². The summed E-state index contributed by atoms with van der Waals surface area (Å²) in [5.41, 5.74) is 5.30. The average Bonchev–Trinajstić information content (AvgIpc) is 2.86. The van der Waals surface area contributed by atoms with E-state index in [9.17, 15) is 4.79 Å². The summed E-state index contributed by atoms with van der Waals surface area (Å²) in [6, 6.07) is 0. The lowest BCUT2D eigenvalue weighted by molar-refractivity contribution is -0.124. The van der Waals surface area contributed by atoms with Crippen molar-refractivity contribution in [2.75, 3.05) is 13.1 Å². The van der Waals surface area contributed by atoms with Gasteiger partial charge in [-0.3, -0.25) is 4.79 Å². The number of Topliss-reactive ketones (excluding diaryl/α,β-unsaturated/α-hetero) is 1. The Kier molecular flexibility index (Phi) is 6.11. The molecule has 5 heteroatoms. The Labute approximate surface area is 124 Å². The van der Waals surface area contributed by atoms with Crippen LogP contribution in [0.1, 0.15) is 26.2 Å². The van der Waals surface area contributed by atoms with Crippen LogP contribution >= 0.6 is 23.2 Å². The van der Waals surface area contributed by atoms with E-state index in [0.29, 0.717) is 12.1 Å². The number of hydrogen-bond donors (Lipinski definition) is 2. The highest BCUT2D eigenvalue weighted by Crippen LogP contribution is 2.35. The van der Waals surface area contributed by atoms with Crippen LogP contribution in [0, 0.1) is 5.41 Å². The molecule has 1 rings (SSSR count). The first kappa shape index (κ1) is 16.3. The van der Waals surface area contributed by atoms with Crippen molar-refractivity contribution in [3.63, 3.8) is 0 Å². The van der Waals surface area contributed by atoms with Gasteiger partial charge < -0.3 is 11.1 Å². The summed E-state index contributed by atoms with van der Waals surface area (Å²) in [5.74, 6) is 0.0407. The fraction of sp³-hybridized carbons (Fsp3) is 0.500. The van der Waals surface area contributed by atoms with Crippen LogP contribution in [0.2, 0.25) is 0 Å². The summed E-state index contributed by atoms with van der Waals surface area (Å²) in [6.07, 6.45) is 5.33. The van der Waals surface area contributed by atoms with Crippen molar-refractivity contribution in [3.8, 4) is 0 Å². The van der Waals surface area contributed by atoms with Crippen LogP contribution in [0.3, 0.4) is 0 Å². The van der Waals surface area contributed by atoms with Gasteiger partial charge in [0.15, 0.2) is 5.78 Å². The van der Waals surface area contributed by atoms with Gasteiger partial charge in [0.1, 0.15) is 0 Å². The van der Waals surface area contributed by atoms with E-state index < -0.39 is 0 Å². The maximum Gasteiger partial charge on any atom is 0.169 e. The van der Waals surface area contributed by atoms with E-state index in [2.05, 4.69) is 18.8 Å². The first-order valence-electron chi connectivity index (χ1n) is 6.36. The molecule has 1 saturated heterocycles. The van der Waals surface area contributed by atoms with Crippen molar-refractivity contribution >= 4 is 29.0 Å². The quantitative estimate of drug-likeness (QED) is 0.586. The van der Waals surface area contributed by atoms with Gasteiger partial charge >= 0.3 is 0 Å². The lowest BCUT2D eigenvalue weighted by Gasteiger charge is -2.26. The second-order valence-corrected chi connectivity index (χ2v) is 5.63. The Morgan fingerprint density at radius 3 is 2.63 bits per heavy atom. The predicted molar refractivity (Wildman–Crippen MR) is 81.0 cm³/mol. The largest absolute Gasteiger partial charge is 0.403 e. The van der Waals surface area contributed by atoms with Gasteiger partial charge in [-0.1, -0.05) is 43.1 Å². The van der Waals surface area contributed by atoms with Gasteiger partial charge in [0, 0.05) is 23.7 Å². The van der Waals surface area contributed by atoms with E-state index in [1.54, 1.807) is 0 Å². The number of ketones is 1. The van der Waals surface area contributed by atoms with Crippen LogP contribution in [0.5, 0.6) is 0 Å². The Hall–Kier alpha value is -0.770. The Morgan fingerprint density at radius 2 is 2.16 bits per heavy atom. The first-order valence-corrected chi connectivity index (χ1v) is 7.12. The van der Waals surface area contributed by atoms with Gasteiger partial charge in [-0.05, 0) is 25.5 Å². The summed E-state index contributed by atoms with van der Waals surface area (Å²) < 4.78 is 0. The van der Waals surface area contributed by atoms with Crippen molar-refractivity contribution in [3.05, 3.63) is 34.5 Å². The molecule has 3 N–H and O–H groups in total. The highest BCUT2D eigenvalue weighted by molar-refractivity contribution is 6.44. The van der Waals surface area contributed by atoms with Crippen LogP contribution in [0.4, 0.5) is 0 Å². The number of hydrogen-bond acceptors (Lipinski definition) is 3. The summed E-state index contributed by atoms with van der Waals surface area (Å²) >= 11 is 11.7. The number of halogens is 2. The zero-order valence-corrected chi connectivity index (χ0v) is 12.7. The fourth-order valence-electron chi connectivity index (χ4n) is 2.45. The summed E-state index contributed by atoms with van der Waals surface area (Å²) in [4.78, 5) is 12.6. The topological polar surface area (TPSA) is 55.1 Å². The van der Waals surface area contributed by atoms with Gasteiger partial charge in [-0.25, -0.2) is 0 Å². The number of carbonyl (C=O) groups excluding carboxylic acids is 1. The summed E-state index contributed by atoms with van der Waals surface area (Å²) in [5, 5.41) is 3.70. The number of nitrogens with two attached hydrogens (primary N) is 1. The second-order valence-electron chi connectivity index (χ2n) is 4.82. The predicted octanol–water partition coefficient (Wildman–Crippen LogP) is 3.05. The molecule has 0 saturated carbocycles. The molecule has 106 valence electrons. The molecule has 0 aliphatic carbocycles. The van der Waals surface area contributed by atoms with Gasteiger partial charge in [0.25, 0.3) is 0 Å². The van der Waals surface area contributed by atoms with Gasteiger partial charge in [0.05, 0.1) is 10.1 Å². The number of allylic oxidation sites excluding steroid dienone is 4. The van der Waals surface area contributed by atoms with E-state index in [-0.39, 0.29) is 21.3 Å². The highest BCUT2D eigenvalue weighted by atomic mass is 35.5. The van der Waals surface area contributed by atoms with Crippen LogP contribution < -0.4 is 11.1 Å². The third-order valence-electron chi connectivity index (χ3n) is 3.42. The monoisotopic (exact) mass is 302 g/mol. The standard InChI is InChI=1S/C14H20Cl2N2O/c1-3-4-14(5-6-18-9-14)13(19)10(2)7-11(15)12(16)8-17/h7-8,18H,2-6,9,17H2,1H3/b11-7+,12-8+. The van der Waals surface area contributed by atoms with Crippen LogP contribution in [-0.4, -0.2) is 18.9 Å². The minimum atomic E-state index is -0.349. The third kappa shape index (κ3) is 3.85. The highest BCUT2D eigenvalue weighted by Gasteiger charge is 2.40. The molecule has 0 bridgehead atoms. The number of nitrogens with one attached hydrogen (secondary N) is 1. The first-order chi connectivity index (χ1) is 8.96. The van der Waals surface area contributed by atoms with Crippen molar-refractivity contribution in [1.82, 2.24) is 5.32 Å². The Morgan fingerprint density at radius 1 is 1.47 bits per heavy atom. The Balaban J connectivity index is 2.89. The van der Waals surface area contributed by atoms with Gasteiger partial charge in [-0.2, -0.15) is 0 Å². The lowest BCUT2D eigenvalue weighted by atomic mass is 9.76. The molecule has 19 heavy (non-hydrogen) atoms. The van der Waals surface area contributed by atoms with E-state index >= 15 is 0 Å². The maximum atomic E-state index is 12.6. The molecule has 3 nitrogen and oxygen atoms in total. The normalized spacial score (nSPS) is 24.6. The van der Waals surface area contributed by atoms with Gasteiger partial charge in [-0.15, -0.1) is 0 Å². The molecule has 1 unspecified atom stereocenters. The van der Waals surface area contributed by atoms with Crippen molar-refractivity contribution < 1.29 is 4.79 Å². The molecule has 1 fully saturated rings. The minimum Gasteiger partial charge on any atom is -0.403 e. The smallest absolute Gasteiger partial charge is 0.169 e. The molecule has 0 aromatic rings. The maximum absolute atomic E-state index is 12.6. The summed E-state index contributed by atoms with van der Waals surface area (Å²) in [6.45, 7) is 7.45. The molecule has 0 aromatic heterocycles. The fourth-order valence-corrected chi connectivity index (χ4v) is 2.70. The minimum absolute atomic E-state index is 0.0407. The Bertz CT molecular complexity index is 421. The van der Waals surface area contributed by atoms with E-state index in [0.717, 1.165) is 25.8 Å². The zero-order valence-electron chi connectivity index (χ0n) is 11.1. The van der Waals surface area contributed by atoms with Crippen LogP contribution in [-0.2, 0) is 4.79 Å². The molecule has 1 aliphatic rings. The molecular weight excluding hydrogens is 283 g/mol. The van der Waals surface area contributed by atoms with Crippen LogP contribution in [0.25, 0.3) is 0 Å². The number of carbonyl (C=O) groups is 1. The second kappa shape index (κ2) is 7.13. The molecule has 0 aromatic carbocycles. The van der Waals surface area contributed by atoms with E-state index in [1.807, 2.05) is 0 Å². The molecule has 1 aliphatic heterocycles. The van der Waals surface area contributed by atoms with Crippen molar-refractivity contribution in [2.45, 2.75) is 26.2 Å².